The molecule has 256 valence electrons. The van der Waals surface area contributed by atoms with Crippen LogP contribution in [0.3, 0.4) is 0 Å². The summed E-state index contributed by atoms with van der Waals surface area (Å²) in [5.74, 6) is 1.76. The van der Waals surface area contributed by atoms with Crippen molar-refractivity contribution in [1.29, 1.82) is 0 Å². The number of hydrogen-bond acceptors (Lipinski definition) is 8. The number of carbonyl (C=O) groups excluding carboxylic acids is 1. The fourth-order valence-electron chi connectivity index (χ4n) is 5.88. The molecule has 0 spiro atoms. The van der Waals surface area contributed by atoms with Gasteiger partial charge in [0.15, 0.2) is 0 Å². The summed E-state index contributed by atoms with van der Waals surface area (Å²) >= 11 is 0. The topological polar surface area (TPSA) is 96.6 Å². The van der Waals surface area contributed by atoms with E-state index in [9.17, 15) is 4.79 Å². The van der Waals surface area contributed by atoms with Crippen LogP contribution >= 0.6 is 0 Å². The molecule has 3 rings (SSSR count). The van der Waals surface area contributed by atoms with Gasteiger partial charge in [-0.05, 0) is 90.4 Å². The third-order valence-electron chi connectivity index (χ3n) is 8.73. The van der Waals surface area contributed by atoms with Gasteiger partial charge in [0.1, 0.15) is 18.3 Å². The van der Waals surface area contributed by atoms with E-state index in [0.717, 1.165) is 50.7 Å². The molecular weight excluding hydrogens is 576 g/mol. The number of carbonyl (C=O) groups is 1. The fraction of sp³-hybridized carbons (Fsp3) is 0.639. The van der Waals surface area contributed by atoms with Crippen molar-refractivity contribution in [2.75, 3.05) is 53.4 Å². The van der Waals surface area contributed by atoms with E-state index >= 15 is 0 Å². The number of ether oxygens (including phenoxy) is 1. The van der Waals surface area contributed by atoms with E-state index in [4.69, 9.17) is 4.74 Å². The number of unbranched alkanes of at least 4 members (excludes halogenated alkanes) is 1. The number of nitrogens with one attached hydrogen (secondary N) is 2. The highest BCUT2D eigenvalue weighted by atomic mass is 16.5. The fourth-order valence-corrected chi connectivity index (χ4v) is 5.88. The number of benzene rings is 1. The second-order valence-corrected chi connectivity index (χ2v) is 12.7. The maximum Gasteiger partial charge on any atom is 0.307 e. The summed E-state index contributed by atoms with van der Waals surface area (Å²) in [5.41, 5.74) is 2.49. The van der Waals surface area contributed by atoms with Crippen molar-refractivity contribution < 1.29 is 9.53 Å². The Hall–Kier alpha value is -3.05. The van der Waals surface area contributed by atoms with Gasteiger partial charge in [-0.15, -0.1) is 0 Å². The molecule has 10 heteroatoms. The monoisotopic (exact) mass is 636 g/mol. The number of rotatable bonds is 24. The van der Waals surface area contributed by atoms with Crippen molar-refractivity contribution in [3.05, 3.63) is 71.8 Å². The number of imidazole rings is 2. The van der Waals surface area contributed by atoms with Crippen LogP contribution in [0.1, 0.15) is 95.0 Å². The first-order chi connectivity index (χ1) is 22.3. The Labute approximate surface area is 277 Å². The van der Waals surface area contributed by atoms with E-state index in [-0.39, 0.29) is 18.1 Å². The molecule has 2 atom stereocenters. The summed E-state index contributed by atoms with van der Waals surface area (Å²) in [4.78, 5) is 37.7. The summed E-state index contributed by atoms with van der Waals surface area (Å²) in [6.45, 7) is 16.7. The van der Waals surface area contributed by atoms with E-state index in [0.29, 0.717) is 26.1 Å². The molecule has 0 bridgehead atoms. The zero-order valence-electron chi connectivity index (χ0n) is 29.4. The van der Waals surface area contributed by atoms with E-state index in [1.165, 1.54) is 43.5 Å². The van der Waals surface area contributed by atoms with Gasteiger partial charge in [0, 0.05) is 50.5 Å². The third-order valence-corrected chi connectivity index (χ3v) is 8.73. The number of hydrogen-bond donors (Lipinski definition) is 2. The second-order valence-electron chi connectivity index (χ2n) is 12.7. The molecule has 2 heterocycles. The first-order valence-electron chi connectivity index (χ1n) is 17.4. The molecule has 46 heavy (non-hydrogen) atoms. The van der Waals surface area contributed by atoms with Gasteiger partial charge in [0.05, 0.1) is 19.0 Å². The highest BCUT2D eigenvalue weighted by molar-refractivity contribution is 5.69. The molecule has 2 unspecified atom stereocenters. The molecule has 0 saturated carbocycles. The summed E-state index contributed by atoms with van der Waals surface area (Å²) in [7, 11) is 4.07. The Morgan fingerprint density at radius 1 is 0.804 bits per heavy atom. The number of H-pyrrole nitrogens is 2. The van der Waals surface area contributed by atoms with Crippen LogP contribution in [0.4, 0.5) is 0 Å². The van der Waals surface area contributed by atoms with Gasteiger partial charge >= 0.3 is 5.97 Å². The third kappa shape index (κ3) is 13.4. The summed E-state index contributed by atoms with van der Waals surface area (Å²) in [6, 6.07) is 9.28. The van der Waals surface area contributed by atoms with Gasteiger partial charge < -0.3 is 24.5 Å². The lowest BCUT2D eigenvalue weighted by molar-refractivity contribution is -0.145. The summed E-state index contributed by atoms with van der Waals surface area (Å²) in [6.07, 6.45) is 13.4. The van der Waals surface area contributed by atoms with Gasteiger partial charge in [0.25, 0.3) is 0 Å². The van der Waals surface area contributed by atoms with E-state index in [1.807, 2.05) is 26.5 Å². The number of likely N-dealkylation sites (N-methyl/N-ethyl adjacent to an activating group) is 1. The Bertz CT molecular complexity index is 1180. The lowest BCUT2D eigenvalue weighted by Gasteiger charge is -2.27. The number of esters is 1. The number of aromatic nitrogens is 4. The zero-order valence-corrected chi connectivity index (χ0v) is 29.4. The molecule has 1 aromatic carbocycles. The maximum absolute atomic E-state index is 12.7. The first kappa shape index (κ1) is 37.4. The lowest BCUT2D eigenvalue weighted by Crippen LogP contribution is -2.33. The highest BCUT2D eigenvalue weighted by Crippen LogP contribution is 2.22. The largest absolute Gasteiger partial charge is 0.464 e. The minimum absolute atomic E-state index is 0.103. The molecule has 10 nitrogen and oxygen atoms in total. The molecule has 3 aromatic rings. The standard InChI is InChI=1S/C36H60N8O2/c1-7-21-42(22-8-2)23-10-11-24-43(25-16-35(45)46-29-33(9-3)41(5)6)26-31-12-14-32(15-13-31)27-44(28-34-37-17-18-38-34)30(4)36-39-19-20-40-36/h12-15,17-20,30,33H,7-11,16,21-29H2,1-6H3,(H,37,38)(H,39,40). The van der Waals surface area contributed by atoms with Crippen molar-refractivity contribution in [1.82, 2.24) is 39.5 Å². The van der Waals surface area contributed by atoms with E-state index < -0.39 is 0 Å². The molecule has 0 fully saturated rings. The minimum Gasteiger partial charge on any atom is -0.464 e. The summed E-state index contributed by atoms with van der Waals surface area (Å²) < 4.78 is 5.67. The molecule has 0 saturated heterocycles. The van der Waals surface area contributed by atoms with Crippen molar-refractivity contribution in [3.8, 4) is 0 Å². The minimum atomic E-state index is -0.111. The zero-order chi connectivity index (χ0) is 33.1. The van der Waals surface area contributed by atoms with Crippen molar-refractivity contribution in [2.45, 2.75) is 97.9 Å². The smallest absolute Gasteiger partial charge is 0.307 e. The summed E-state index contributed by atoms with van der Waals surface area (Å²) in [5, 5.41) is 0. The quantitative estimate of drug-likeness (QED) is 0.0931. The molecule has 0 aliphatic rings. The maximum atomic E-state index is 12.7. The van der Waals surface area contributed by atoms with Crippen LogP contribution in [0.5, 0.6) is 0 Å². The number of aromatic amines is 2. The van der Waals surface area contributed by atoms with Gasteiger partial charge in [-0.1, -0.05) is 45.0 Å². The normalized spacial score (nSPS) is 13.3. The van der Waals surface area contributed by atoms with Crippen molar-refractivity contribution in [3.63, 3.8) is 0 Å². The number of nitrogens with zero attached hydrogens (tertiary/aromatic N) is 6. The van der Waals surface area contributed by atoms with Crippen LogP contribution in [0.2, 0.25) is 0 Å². The molecular formula is C36H60N8O2. The molecule has 0 aliphatic heterocycles. The molecule has 0 amide bonds. The van der Waals surface area contributed by atoms with Crippen LogP contribution in [0, 0.1) is 0 Å². The van der Waals surface area contributed by atoms with Crippen LogP contribution < -0.4 is 0 Å². The van der Waals surface area contributed by atoms with Gasteiger partial charge in [-0.3, -0.25) is 14.6 Å². The Morgan fingerprint density at radius 2 is 1.43 bits per heavy atom. The van der Waals surface area contributed by atoms with E-state index in [2.05, 4.69) is 91.5 Å². The lowest BCUT2D eigenvalue weighted by atomic mass is 10.1. The second kappa shape index (κ2) is 20.9. The van der Waals surface area contributed by atoms with E-state index in [1.54, 1.807) is 12.4 Å². The predicted molar refractivity (Wildman–Crippen MR) is 186 cm³/mol. The van der Waals surface area contributed by atoms with Gasteiger partial charge in [-0.2, -0.15) is 0 Å². The Morgan fingerprint density at radius 3 is 2.00 bits per heavy atom. The van der Waals surface area contributed by atoms with Gasteiger partial charge in [0.2, 0.25) is 0 Å². The van der Waals surface area contributed by atoms with Crippen LogP contribution in [0.25, 0.3) is 0 Å². The Balaban J connectivity index is 1.61. The first-order valence-corrected chi connectivity index (χ1v) is 17.4. The average Bonchev–Trinajstić information content (AvgIpc) is 3.77. The predicted octanol–water partition coefficient (Wildman–Crippen LogP) is 5.87. The average molecular weight is 637 g/mol. The molecule has 2 aromatic heterocycles. The van der Waals surface area contributed by atoms with Crippen molar-refractivity contribution >= 4 is 5.97 Å². The SMILES string of the molecule is CCCN(CCC)CCCCN(CCC(=O)OCC(CC)N(C)C)Cc1ccc(CN(Cc2ncc[nH]2)C(C)c2ncc[nH]2)cc1. The van der Waals surface area contributed by atoms with Gasteiger partial charge in [-0.25, -0.2) is 9.97 Å². The van der Waals surface area contributed by atoms with Crippen LogP contribution in [-0.2, 0) is 29.2 Å². The molecule has 0 aliphatic carbocycles. The van der Waals surface area contributed by atoms with Crippen molar-refractivity contribution in [2.24, 2.45) is 0 Å². The molecule has 2 N–H and O–H groups in total. The molecule has 0 radical (unpaired) electrons. The Kier molecular flexibility index (Phi) is 17.0. The highest BCUT2D eigenvalue weighted by Gasteiger charge is 2.20. The van der Waals surface area contributed by atoms with Crippen LogP contribution in [-0.4, -0.2) is 105 Å². The van der Waals surface area contributed by atoms with Crippen LogP contribution in [0.15, 0.2) is 49.1 Å².